The Kier molecular flexibility index (Phi) is 6.07. The summed E-state index contributed by atoms with van der Waals surface area (Å²) in [4.78, 5) is 27.6. The van der Waals surface area contributed by atoms with Gasteiger partial charge < -0.3 is 10.0 Å². The van der Waals surface area contributed by atoms with Gasteiger partial charge in [-0.05, 0) is 32.0 Å². The van der Waals surface area contributed by atoms with Gasteiger partial charge in [0.05, 0.1) is 37.4 Å². The Bertz CT molecular complexity index is 605. The number of carboxylic acids is 1. The largest absolute Gasteiger partial charge is 0.481 e. The second kappa shape index (κ2) is 8.47. The first kappa shape index (κ1) is 17.9. The Balaban J connectivity index is 1.54. The van der Waals surface area contributed by atoms with Crippen molar-refractivity contribution in [2.24, 2.45) is 0 Å². The molecule has 0 aromatic carbocycles. The maximum atomic E-state index is 12.7. The molecule has 0 bridgehead atoms. The normalized spacial score (nSPS) is 19.1. The van der Waals surface area contributed by atoms with Crippen LogP contribution in [0.15, 0.2) is 6.07 Å². The van der Waals surface area contributed by atoms with E-state index in [0.717, 1.165) is 24.5 Å². The van der Waals surface area contributed by atoms with Gasteiger partial charge in [0.2, 0.25) is 5.91 Å². The molecule has 0 saturated carbocycles. The lowest BCUT2D eigenvalue weighted by molar-refractivity contribution is -0.137. The van der Waals surface area contributed by atoms with E-state index >= 15 is 0 Å². The van der Waals surface area contributed by atoms with Crippen molar-refractivity contribution in [3.05, 3.63) is 17.5 Å². The molecule has 3 rings (SSSR count). The number of aromatic nitrogens is 2. The predicted octanol–water partition coefficient (Wildman–Crippen LogP) is 1.51. The lowest BCUT2D eigenvalue weighted by Crippen LogP contribution is -2.44. The van der Waals surface area contributed by atoms with Crippen molar-refractivity contribution in [2.75, 3.05) is 26.2 Å². The van der Waals surface area contributed by atoms with Gasteiger partial charge in [0, 0.05) is 13.0 Å². The zero-order chi connectivity index (χ0) is 17.6. The quantitative estimate of drug-likeness (QED) is 0.873. The number of hydrogen-bond donors (Lipinski definition) is 1. The molecular weight excluding hydrogens is 320 g/mol. The first-order valence-electron chi connectivity index (χ1n) is 9.39. The molecule has 25 heavy (non-hydrogen) atoms. The van der Waals surface area contributed by atoms with Gasteiger partial charge in [-0.1, -0.05) is 19.3 Å². The molecule has 138 valence electrons. The van der Waals surface area contributed by atoms with Gasteiger partial charge in [0.15, 0.2) is 0 Å². The number of nitrogens with zero attached hydrogens (tertiary/aromatic N) is 4. The van der Waals surface area contributed by atoms with E-state index in [1.165, 1.54) is 32.1 Å². The highest BCUT2D eigenvalue weighted by molar-refractivity contribution is 5.78. The van der Waals surface area contributed by atoms with Gasteiger partial charge in [-0.15, -0.1) is 0 Å². The number of amides is 1. The number of likely N-dealkylation sites (tertiary alicyclic amines) is 1. The minimum absolute atomic E-state index is 0.0913. The summed E-state index contributed by atoms with van der Waals surface area (Å²) >= 11 is 0. The van der Waals surface area contributed by atoms with E-state index in [1.807, 2.05) is 15.6 Å². The van der Waals surface area contributed by atoms with E-state index < -0.39 is 5.97 Å². The third kappa shape index (κ3) is 5.04. The number of hydrogen-bond acceptors (Lipinski definition) is 4. The highest BCUT2D eigenvalue weighted by atomic mass is 16.4. The van der Waals surface area contributed by atoms with Gasteiger partial charge in [-0.25, -0.2) is 0 Å². The Morgan fingerprint density at radius 3 is 2.48 bits per heavy atom. The van der Waals surface area contributed by atoms with Crippen LogP contribution in [0.3, 0.4) is 0 Å². The fourth-order valence-electron chi connectivity index (χ4n) is 3.66. The molecule has 2 aliphatic rings. The van der Waals surface area contributed by atoms with Gasteiger partial charge in [0.1, 0.15) is 0 Å². The molecule has 1 amide bonds. The summed E-state index contributed by atoms with van der Waals surface area (Å²) in [6.45, 7) is 4.51. The molecule has 1 N–H and O–H groups in total. The first-order chi connectivity index (χ1) is 12.1. The van der Waals surface area contributed by atoms with Gasteiger partial charge in [-0.3, -0.25) is 19.2 Å². The van der Waals surface area contributed by atoms with Crippen LogP contribution in [0, 0.1) is 0 Å². The molecule has 2 aliphatic heterocycles. The summed E-state index contributed by atoms with van der Waals surface area (Å²) < 4.78 is 1.91. The molecule has 1 fully saturated rings. The van der Waals surface area contributed by atoms with Crippen LogP contribution in [-0.2, 0) is 29.1 Å². The summed E-state index contributed by atoms with van der Waals surface area (Å²) in [6.07, 6.45) is 6.77. The van der Waals surface area contributed by atoms with Crippen molar-refractivity contribution in [1.29, 1.82) is 0 Å². The van der Waals surface area contributed by atoms with E-state index in [4.69, 9.17) is 5.11 Å². The average molecular weight is 348 g/mol. The summed E-state index contributed by atoms with van der Waals surface area (Å²) in [5.74, 6) is -0.615. The van der Waals surface area contributed by atoms with Crippen molar-refractivity contribution < 1.29 is 14.7 Å². The maximum absolute atomic E-state index is 12.7. The van der Waals surface area contributed by atoms with Crippen molar-refractivity contribution in [1.82, 2.24) is 19.6 Å². The van der Waals surface area contributed by atoms with Gasteiger partial charge in [0.25, 0.3) is 0 Å². The summed E-state index contributed by atoms with van der Waals surface area (Å²) in [7, 11) is 0. The smallest absolute Gasteiger partial charge is 0.303 e. The van der Waals surface area contributed by atoms with Crippen LogP contribution in [0.1, 0.15) is 49.9 Å². The average Bonchev–Trinajstić information content (AvgIpc) is 2.97. The molecule has 7 heteroatoms. The van der Waals surface area contributed by atoms with Crippen LogP contribution in [0.25, 0.3) is 0 Å². The molecule has 0 spiro atoms. The molecular formula is C18H28N4O3. The maximum Gasteiger partial charge on any atom is 0.303 e. The number of aliphatic carboxylic acids is 1. The minimum atomic E-state index is -0.809. The van der Waals surface area contributed by atoms with Crippen molar-refractivity contribution in [3.63, 3.8) is 0 Å². The Hall–Kier alpha value is -1.89. The highest BCUT2D eigenvalue weighted by Gasteiger charge is 2.24. The van der Waals surface area contributed by atoms with Crippen LogP contribution in [0.5, 0.6) is 0 Å². The van der Waals surface area contributed by atoms with Crippen molar-refractivity contribution >= 4 is 11.9 Å². The molecule has 0 aliphatic carbocycles. The zero-order valence-electron chi connectivity index (χ0n) is 14.8. The Morgan fingerprint density at radius 2 is 1.76 bits per heavy atom. The topological polar surface area (TPSA) is 78.7 Å². The van der Waals surface area contributed by atoms with E-state index in [9.17, 15) is 9.59 Å². The fraction of sp³-hybridized carbons (Fsp3) is 0.722. The molecule has 7 nitrogen and oxygen atoms in total. The van der Waals surface area contributed by atoms with E-state index in [1.54, 1.807) is 0 Å². The van der Waals surface area contributed by atoms with Crippen LogP contribution < -0.4 is 0 Å². The summed E-state index contributed by atoms with van der Waals surface area (Å²) in [6, 6.07) is 1.94. The Morgan fingerprint density at radius 1 is 1.04 bits per heavy atom. The third-order valence-electron chi connectivity index (χ3n) is 5.10. The number of carbonyl (C=O) groups is 2. The predicted molar refractivity (Wildman–Crippen MR) is 93.1 cm³/mol. The number of fused-ring (bicyclic) bond motifs is 1. The van der Waals surface area contributed by atoms with Crippen LogP contribution in [0.2, 0.25) is 0 Å². The lowest BCUT2D eigenvalue weighted by Gasteiger charge is -2.31. The second-order valence-electron chi connectivity index (χ2n) is 7.10. The van der Waals surface area contributed by atoms with Gasteiger partial charge >= 0.3 is 5.97 Å². The van der Waals surface area contributed by atoms with Gasteiger partial charge in [-0.2, -0.15) is 5.10 Å². The SMILES string of the molecule is O=C(O)CCc1cc2n(n1)CCN(C(=O)CN1CCCCCCC1)C2. The fourth-order valence-corrected chi connectivity index (χ4v) is 3.66. The molecule has 0 atom stereocenters. The number of carbonyl (C=O) groups excluding carboxylic acids is 1. The lowest BCUT2D eigenvalue weighted by atomic mass is 10.1. The molecule has 1 saturated heterocycles. The third-order valence-corrected chi connectivity index (χ3v) is 5.10. The standard InChI is InChI=1S/C18H28N4O3/c23-17(14-20-8-4-2-1-3-5-9-20)21-10-11-22-16(13-21)12-15(19-22)6-7-18(24)25/h12H,1-11,13-14H2,(H,24,25). The van der Waals surface area contributed by atoms with Crippen LogP contribution >= 0.6 is 0 Å². The van der Waals surface area contributed by atoms with E-state index in [2.05, 4.69) is 10.00 Å². The number of rotatable bonds is 5. The van der Waals surface area contributed by atoms with E-state index in [-0.39, 0.29) is 12.3 Å². The van der Waals surface area contributed by atoms with E-state index in [0.29, 0.717) is 32.6 Å². The second-order valence-corrected chi connectivity index (χ2v) is 7.10. The minimum Gasteiger partial charge on any atom is -0.481 e. The monoisotopic (exact) mass is 348 g/mol. The number of carboxylic acid groups (broad SMARTS) is 1. The molecule has 0 radical (unpaired) electrons. The Labute approximate surface area is 148 Å². The molecule has 1 aromatic rings. The number of aryl methyl sites for hydroxylation is 1. The summed E-state index contributed by atoms with van der Waals surface area (Å²) in [5, 5.41) is 13.3. The molecule has 0 unspecified atom stereocenters. The first-order valence-corrected chi connectivity index (χ1v) is 9.39. The van der Waals surface area contributed by atoms with Crippen LogP contribution in [-0.4, -0.2) is 62.7 Å². The summed E-state index contributed by atoms with van der Waals surface area (Å²) in [5.41, 5.74) is 1.81. The molecule has 3 heterocycles. The highest BCUT2D eigenvalue weighted by Crippen LogP contribution is 2.16. The molecule has 1 aromatic heterocycles. The van der Waals surface area contributed by atoms with Crippen molar-refractivity contribution in [2.45, 2.75) is 58.0 Å². The zero-order valence-corrected chi connectivity index (χ0v) is 14.8. The van der Waals surface area contributed by atoms with Crippen molar-refractivity contribution in [3.8, 4) is 0 Å². The van der Waals surface area contributed by atoms with Crippen LogP contribution in [0.4, 0.5) is 0 Å².